The number of piperazine rings is 1. The first-order chi connectivity index (χ1) is 18.6. The van der Waals surface area contributed by atoms with Crippen molar-refractivity contribution in [1.29, 1.82) is 0 Å². The van der Waals surface area contributed by atoms with Gasteiger partial charge in [-0.25, -0.2) is 4.98 Å². The van der Waals surface area contributed by atoms with E-state index in [9.17, 15) is 27.6 Å². The van der Waals surface area contributed by atoms with Gasteiger partial charge in [0, 0.05) is 69.1 Å². The number of aromatic amines is 1. The lowest BCUT2D eigenvalue weighted by molar-refractivity contribution is -0.140. The monoisotopic (exact) mass is 542 g/mol. The van der Waals surface area contributed by atoms with E-state index in [0.717, 1.165) is 6.41 Å². The number of carbonyl (C=O) groups is 2. The van der Waals surface area contributed by atoms with E-state index in [1.54, 1.807) is 18.0 Å². The van der Waals surface area contributed by atoms with Gasteiger partial charge in [0.25, 0.3) is 5.56 Å². The predicted molar refractivity (Wildman–Crippen MR) is 136 cm³/mol. The Balaban J connectivity index is 1.51. The van der Waals surface area contributed by atoms with Gasteiger partial charge in [0.05, 0.1) is 11.9 Å². The molecule has 0 spiro atoms. The van der Waals surface area contributed by atoms with Crippen LogP contribution >= 0.6 is 0 Å². The highest BCUT2D eigenvalue weighted by Crippen LogP contribution is 2.32. The van der Waals surface area contributed by atoms with E-state index in [0.29, 0.717) is 44.5 Å². The SMILES string of the molecule is Cn1ccc(C#CC(=O)Nc2cc(-c3ncc(C(F)(F)F)[nH]3)ccc2OCCN2CCN(C=O)CC2)cc1=O. The third-order valence-electron chi connectivity index (χ3n) is 6.03. The number of anilines is 1. The molecule has 1 aliphatic rings. The summed E-state index contributed by atoms with van der Waals surface area (Å²) in [7, 11) is 1.59. The summed E-state index contributed by atoms with van der Waals surface area (Å²) in [6, 6.07) is 7.37. The standard InChI is InChI=1S/C26H25F3N6O4/c1-33-7-6-18(14-24(33)38)2-5-23(37)31-20-15-19(25-30-16-22(32-25)26(27,28)29)3-4-21(20)39-13-12-34-8-10-35(17-36)11-9-34/h3-4,6-7,14-17H,8-13H2,1H3,(H,30,32)(H,31,37). The fourth-order valence-electron chi connectivity index (χ4n) is 3.80. The van der Waals surface area contributed by atoms with Crippen LogP contribution in [-0.2, 0) is 22.8 Å². The van der Waals surface area contributed by atoms with Crippen LogP contribution in [0.2, 0.25) is 0 Å². The van der Waals surface area contributed by atoms with Crippen molar-refractivity contribution in [2.75, 3.05) is 44.6 Å². The minimum Gasteiger partial charge on any atom is -0.490 e. The van der Waals surface area contributed by atoms with Crippen LogP contribution in [0.3, 0.4) is 0 Å². The summed E-state index contributed by atoms with van der Waals surface area (Å²) in [5, 5.41) is 2.61. The molecule has 2 N–H and O–H groups in total. The van der Waals surface area contributed by atoms with E-state index in [4.69, 9.17) is 4.74 Å². The van der Waals surface area contributed by atoms with Gasteiger partial charge in [0.2, 0.25) is 6.41 Å². The van der Waals surface area contributed by atoms with Crippen LogP contribution in [0.1, 0.15) is 11.3 Å². The number of H-pyrrole nitrogens is 1. The summed E-state index contributed by atoms with van der Waals surface area (Å²) < 4.78 is 46.3. The average Bonchev–Trinajstić information content (AvgIpc) is 3.42. The van der Waals surface area contributed by atoms with Crippen molar-refractivity contribution in [1.82, 2.24) is 24.3 Å². The van der Waals surface area contributed by atoms with Crippen molar-refractivity contribution < 1.29 is 27.5 Å². The first kappa shape index (κ1) is 27.5. The molecular weight excluding hydrogens is 517 g/mol. The molecule has 0 aliphatic carbocycles. The molecule has 0 atom stereocenters. The molecule has 0 saturated carbocycles. The Morgan fingerprint density at radius 3 is 2.64 bits per heavy atom. The molecule has 3 aromatic rings. The van der Waals surface area contributed by atoms with E-state index < -0.39 is 17.8 Å². The Kier molecular flexibility index (Phi) is 8.36. The minimum absolute atomic E-state index is 0.0383. The highest BCUT2D eigenvalue weighted by molar-refractivity contribution is 6.05. The maximum Gasteiger partial charge on any atom is 0.432 e. The Bertz CT molecular complexity index is 1460. The van der Waals surface area contributed by atoms with Crippen LogP contribution < -0.4 is 15.6 Å². The first-order valence-corrected chi connectivity index (χ1v) is 11.9. The number of imidazole rings is 1. The third-order valence-corrected chi connectivity index (χ3v) is 6.03. The number of rotatable bonds is 7. The molecule has 1 saturated heterocycles. The number of amides is 2. The number of ether oxygens (including phenoxy) is 1. The Hall–Kier alpha value is -4.57. The Morgan fingerprint density at radius 2 is 1.97 bits per heavy atom. The number of aromatic nitrogens is 3. The molecule has 0 radical (unpaired) electrons. The van der Waals surface area contributed by atoms with Gasteiger partial charge in [-0.2, -0.15) is 13.2 Å². The molecule has 39 heavy (non-hydrogen) atoms. The number of hydrogen-bond acceptors (Lipinski definition) is 6. The molecule has 4 rings (SSSR count). The molecule has 2 aromatic heterocycles. The summed E-state index contributed by atoms with van der Waals surface area (Å²) in [4.78, 5) is 45.1. The number of halogens is 3. The number of carbonyl (C=O) groups excluding carboxylic acids is 2. The van der Waals surface area contributed by atoms with Gasteiger partial charge in [0.15, 0.2) is 0 Å². The summed E-state index contributed by atoms with van der Waals surface area (Å²) in [6.07, 6.45) is -1.55. The van der Waals surface area contributed by atoms with E-state index in [1.807, 2.05) is 0 Å². The van der Waals surface area contributed by atoms with Gasteiger partial charge in [-0.05, 0) is 24.3 Å². The van der Waals surface area contributed by atoms with Crippen LogP contribution in [0.25, 0.3) is 11.4 Å². The zero-order valence-corrected chi connectivity index (χ0v) is 20.9. The maximum atomic E-state index is 13.0. The van der Waals surface area contributed by atoms with Gasteiger partial charge in [-0.3, -0.25) is 19.3 Å². The topological polar surface area (TPSA) is 113 Å². The van der Waals surface area contributed by atoms with Crippen molar-refractivity contribution in [3.63, 3.8) is 0 Å². The second kappa shape index (κ2) is 11.9. The van der Waals surface area contributed by atoms with Crippen LogP contribution in [0.5, 0.6) is 5.75 Å². The van der Waals surface area contributed by atoms with Crippen LogP contribution in [0.15, 0.2) is 47.5 Å². The quantitative estimate of drug-likeness (QED) is 0.349. The number of nitrogens with zero attached hydrogens (tertiary/aromatic N) is 4. The summed E-state index contributed by atoms with van der Waals surface area (Å²) in [6.45, 7) is 3.47. The van der Waals surface area contributed by atoms with Crippen LogP contribution in [0.4, 0.5) is 18.9 Å². The van der Waals surface area contributed by atoms with Gasteiger partial charge in [-0.1, -0.05) is 5.92 Å². The predicted octanol–water partition coefficient (Wildman–Crippen LogP) is 1.94. The highest BCUT2D eigenvalue weighted by atomic mass is 19.4. The van der Waals surface area contributed by atoms with E-state index >= 15 is 0 Å². The number of hydrogen-bond donors (Lipinski definition) is 2. The van der Waals surface area contributed by atoms with Gasteiger partial charge in [-0.15, -0.1) is 0 Å². The van der Waals surface area contributed by atoms with Crippen molar-refractivity contribution in [3.8, 4) is 29.0 Å². The van der Waals surface area contributed by atoms with Crippen molar-refractivity contribution in [2.24, 2.45) is 7.05 Å². The van der Waals surface area contributed by atoms with Gasteiger partial charge < -0.3 is 24.5 Å². The largest absolute Gasteiger partial charge is 0.490 e. The van der Waals surface area contributed by atoms with Crippen LogP contribution in [0, 0.1) is 11.8 Å². The lowest BCUT2D eigenvalue weighted by Crippen LogP contribution is -2.46. The number of benzene rings is 1. The molecule has 1 aliphatic heterocycles. The van der Waals surface area contributed by atoms with Crippen LogP contribution in [-0.4, -0.2) is 76.0 Å². The zero-order chi connectivity index (χ0) is 28.0. The van der Waals surface area contributed by atoms with Crippen molar-refractivity contribution >= 4 is 18.0 Å². The second-order valence-corrected chi connectivity index (χ2v) is 8.75. The Labute approximate surface area is 221 Å². The normalized spacial score (nSPS) is 13.9. The molecule has 204 valence electrons. The zero-order valence-electron chi connectivity index (χ0n) is 20.9. The van der Waals surface area contributed by atoms with E-state index in [1.165, 1.54) is 35.0 Å². The summed E-state index contributed by atoms with van der Waals surface area (Å²) in [5.74, 6) is 4.56. The lowest BCUT2D eigenvalue weighted by atomic mass is 10.1. The minimum atomic E-state index is -4.59. The summed E-state index contributed by atoms with van der Waals surface area (Å²) in [5.41, 5.74) is -0.458. The molecule has 10 nitrogen and oxygen atoms in total. The van der Waals surface area contributed by atoms with Crippen molar-refractivity contribution in [2.45, 2.75) is 6.18 Å². The van der Waals surface area contributed by atoms with Gasteiger partial charge in [0.1, 0.15) is 23.9 Å². The maximum absolute atomic E-state index is 13.0. The molecule has 1 fully saturated rings. The Morgan fingerprint density at radius 1 is 1.21 bits per heavy atom. The second-order valence-electron chi connectivity index (χ2n) is 8.75. The fourth-order valence-corrected chi connectivity index (χ4v) is 3.80. The average molecular weight is 543 g/mol. The van der Waals surface area contributed by atoms with E-state index in [-0.39, 0.29) is 35.0 Å². The molecule has 13 heteroatoms. The smallest absolute Gasteiger partial charge is 0.432 e. The number of aryl methyl sites for hydroxylation is 1. The molecule has 1 aromatic carbocycles. The molecule has 0 unspecified atom stereocenters. The molecular formula is C26H25F3N6O4. The number of nitrogens with one attached hydrogen (secondary N) is 2. The first-order valence-electron chi connectivity index (χ1n) is 11.9. The lowest BCUT2D eigenvalue weighted by Gasteiger charge is -2.32. The van der Waals surface area contributed by atoms with E-state index in [2.05, 4.69) is 32.0 Å². The summed E-state index contributed by atoms with van der Waals surface area (Å²) >= 11 is 0. The fraction of sp³-hybridized carbons (Fsp3) is 0.308. The van der Waals surface area contributed by atoms with Gasteiger partial charge >= 0.3 is 12.1 Å². The highest BCUT2D eigenvalue weighted by Gasteiger charge is 2.33. The third kappa shape index (κ3) is 7.26. The molecule has 0 bridgehead atoms. The molecule has 2 amide bonds. The number of pyridine rings is 1. The molecule has 3 heterocycles. The number of alkyl halides is 3. The van der Waals surface area contributed by atoms with Crippen molar-refractivity contribution in [3.05, 3.63) is 64.3 Å².